The molecule has 29 heavy (non-hydrogen) atoms. The van der Waals surface area contributed by atoms with Crippen LogP contribution in [0.25, 0.3) is 10.6 Å². The Morgan fingerprint density at radius 2 is 2.00 bits per heavy atom. The zero-order valence-electron chi connectivity index (χ0n) is 16.5. The van der Waals surface area contributed by atoms with Crippen molar-refractivity contribution in [3.05, 3.63) is 64.7 Å². The van der Waals surface area contributed by atoms with Crippen molar-refractivity contribution < 1.29 is 4.79 Å². The highest BCUT2D eigenvalue weighted by molar-refractivity contribution is 7.12. The van der Waals surface area contributed by atoms with Crippen LogP contribution in [0.3, 0.4) is 0 Å². The summed E-state index contributed by atoms with van der Waals surface area (Å²) in [5.41, 5.74) is 2.60. The van der Waals surface area contributed by atoms with Gasteiger partial charge in [-0.3, -0.25) is 14.8 Å². The molecule has 1 N–H and O–H groups in total. The summed E-state index contributed by atoms with van der Waals surface area (Å²) in [5.74, 6) is -0.0990. The number of pyridine rings is 1. The second kappa shape index (κ2) is 9.13. The first kappa shape index (κ1) is 19.5. The van der Waals surface area contributed by atoms with Gasteiger partial charge in [-0.1, -0.05) is 48.8 Å². The topological polar surface area (TPSA) is 72.2 Å². The van der Waals surface area contributed by atoms with Crippen LogP contribution in [-0.4, -0.2) is 26.7 Å². The lowest BCUT2D eigenvalue weighted by atomic mass is 9.96. The third-order valence-electron chi connectivity index (χ3n) is 5.14. The van der Waals surface area contributed by atoms with E-state index in [4.69, 9.17) is 4.99 Å². The highest BCUT2D eigenvalue weighted by atomic mass is 32.1. The van der Waals surface area contributed by atoms with Gasteiger partial charge in [0.1, 0.15) is 5.01 Å². The van der Waals surface area contributed by atoms with Crippen molar-refractivity contribution in [2.45, 2.75) is 44.7 Å². The second-order valence-corrected chi connectivity index (χ2v) is 8.31. The molecule has 3 aromatic rings. The van der Waals surface area contributed by atoms with Crippen LogP contribution < -0.4 is 10.1 Å². The van der Waals surface area contributed by atoms with Crippen LogP contribution in [0.5, 0.6) is 0 Å². The Morgan fingerprint density at radius 3 is 2.72 bits per heavy atom. The van der Waals surface area contributed by atoms with E-state index in [2.05, 4.69) is 15.4 Å². The first-order chi connectivity index (χ1) is 14.2. The van der Waals surface area contributed by atoms with Gasteiger partial charge in [0, 0.05) is 37.1 Å². The SMILES string of the molecule is Cn1nc(-c2ccc(C(=O)NCc3cccnc3)cc2)sc1=NC1CCCCC1. The zero-order chi connectivity index (χ0) is 20.1. The normalized spacial score (nSPS) is 15.4. The Labute approximate surface area is 174 Å². The summed E-state index contributed by atoms with van der Waals surface area (Å²) in [5, 5.41) is 8.47. The third kappa shape index (κ3) is 4.98. The van der Waals surface area contributed by atoms with Gasteiger partial charge in [0.2, 0.25) is 4.80 Å². The van der Waals surface area contributed by atoms with E-state index >= 15 is 0 Å². The molecule has 6 nitrogen and oxygen atoms in total. The Balaban J connectivity index is 1.44. The van der Waals surface area contributed by atoms with Gasteiger partial charge in [-0.25, -0.2) is 4.68 Å². The summed E-state index contributed by atoms with van der Waals surface area (Å²) in [6.07, 6.45) is 9.69. The molecule has 150 valence electrons. The molecule has 1 amide bonds. The standard InChI is InChI=1S/C22H25N5OS/c1-27-22(25-19-7-3-2-4-8-19)29-21(26-27)18-11-9-17(10-12-18)20(28)24-15-16-6-5-13-23-14-16/h5-6,9-14,19H,2-4,7-8,15H2,1H3,(H,24,28). The number of carbonyl (C=O) groups is 1. The second-order valence-electron chi connectivity index (χ2n) is 7.36. The first-order valence-electron chi connectivity index (χ1n) is 10.0. The van der Waals surface area contributed by atoms with Gasteiger partial charge in [0.25, 0.3) is 5.91 Å². The number of nitrogens with zero attached hydrogens (tertiary/aromatic N) is 4. The molecule has 1 aliphatic rings. The van der Waals surface area contributed by atoms with Gasteiger partial charge >= 0.3 is 0 Å². The third-order valence-corrected chi connectivity index (χ3v) is 6.21. The number of aromatic nitrogens is 3. The molecule has 1 aliphatic carbocycles. The van der Waals surface area contributed by atoms with Crippen LogP contribution >= 0.6 is 11.3 Å². The molecule has 2 heterocycles. The van der Waals surface area contributed by atoms with E-state index < -0.39 is 0 Å². The van der Waals surface area contributed by atoms with Crippen molar-refractivity contribution in [1.29, 1.82) is 0 Å². The Kier molecular flexibility index (Phi) is 6.14. The van der Waals surface area contributed by atoms with Crippen molar-refractivity contribution in [3.8, 4) is 10.6 Å². The summed E-state index contributed by atoms with van der Waals surface area (Å²) in [4.78, 5) is 22.3. The van der Waals surface area contributed by atoms with Crippen molar-refractivity contribution in [2.24, 2.45) is 12.0 Å². The van der Waals surface area contributed by atoms with Crippen LogP contribution in [0.2, 0.25) is 0 Å². The van der Waals surface area contributed by atoms with Gasteiger partial charge in [0.05, 0.1) is 6.04 Å². The van der Waals surface area contributed by atoms with E-state index in [0.29, 0.717) is 18.2 Å². The number of hydrogen-bond acceptors (Lipinski definition) is 5. The average Bonchev–Trinajstić information content (AvgIpc) is 3.14. The number of nitrogens with one attached hydrogen (secondary N) is 1. The van der Waals surface area contributed by atoms with Gasteiger partial charge in [-0.2, -0.15) is 5.10 Å². The number of aryl methyl sites for hydroxylation is 1. The van der Waals surface area contributed by atoms with Gasteiger partial charge in [-0.15, -0.1) is 0 Å². The molecule has 1 aromatic carbocycles. The maximum atomic E-state index is 12.4. The Morgan fingerprint density at radius 1 is 1.21 bits per heavy atom. The number of amides is 1. The highest BCUT2D eigenvalue weighted by Crippen LogP contribution is 2.22. The lowest BCUT2D eigenvalue weighted by molar-refractivity contribution is 0.0951. The first-order valence-corrected chi connectivity index (χ1v) is 10.9. The van der Waals surface area contributed by atoms with Crippen LogP contribution in [0, 0.1) is 0 Å². The molecule has 1 saturated carbocycles. The lowest BCUT2D eigenvalue weighted by Gasteiger charge is -2.16. The Bertz CT molecular complexity index is 1020. The lowest BCUT2D eigenvalue weighted by Crippen LogP contribution is -2.22. The predicted molar refractivity (Wildman–Crippen MR) is 114 cm³/mol. The largest absolute Gasteiger partial charge is 0.348 e. The number of benzene rings is 1. The molecule has 0 bridgehead atoms. The van der Waals surface area contributed by atoms with E-state index in [1.807, 2.05) is 48.1 Å². The fourth-order valence-corrected chi connectivity index (χ4v) is 4.46. The minimum absolute atomic E-state index is 0.0990. The fraction of sp³-hybridized carbons (Fsp3) is 0.364. The van der Waals surface area contributed by atoms with Gasteiger partial charge < -0.3 is 5.32 Å². The number of hydrogen-bond donors (Lipinski definition) is 1. The Hall–Kier alpha value is -2.80. The van der Waals surface area contributed by atoms with Crippen molar-refractivity contribution in [1.82, 2.24) is 20.1 Å². The number of rotatable bonds is 5. The predicted octanol–water partition coefficient (Wildman–Crippen LogP) is 3.71. The van der Waals surface area contributed by atoms with Crippen LogP contribution in [-0.2, 0) is 13.6 Å². The van der Waals surface area contributed by atoms with Crippen LogP contribution in [0.15, 0.2) is 53.8 Å². The van der Waals surface area contributed by atoms with E-state index in [-0.39, 0.29) is 5.91 Å². The quantitative estimate of drug-likeness (QED) is 0.701. The molecule has 2 aromatic heterocycles. The van der Waals surface area contributed by atoms with Crippen molar-refractivity contribution in [2.75, 3.05) is 0 Å². The molecule has 1 fully saturated rings. The summed E-state index contributed by atoms with van der Waals surface area (Å²) in [7, 11) is 1.95. The van der Waals surface area contributed by atoms with Crippen molar-refractivity contribution in [3.63, 3.8) is 0 Å². The maximum absolute atomic E-state index is 12.4. The molecule has 0 aliphatic heterocycles. The molecule has 7 heteroatoms. The maximum Gasteiger partial charge on any atom is 0.251 e. The summed E-state index contributed by atoms with van der Waals surface area (Å²) < 4.78 is 1.86. The number of carbonyl (C=O) groups excluding carboxylic acids is 1. The van der Waals surface area contributed by atoms with Crippen LogP contribution in [0.4, 0.5) is 0 Å². The van der Waals surface area contributed by atoms with Gasteiger partial charge in [0.15, 0.2) is 0 Å². The fourth-order valence-electron chi connectivity index (χ4n) is 3.50. The highest BCUT2D eigenvalue weighted by Gasteiger charge is 2.13. The molecule has 0 spiro atoms. The molecule has 0 saturated heterocycles. The smallest absolute Gasteiger partial charge is 0.251 e. The van der Waals surface area contributed by atoms with E-state index in [0.717, 1.165) is 20.9 Å². The molecule has 0 atom stereocenters. The minimum Gasteiger partial charge on any atom is -0.348 e. The summed E-state index contributed by atoms with van der Waals surface area (Å²) in [6.45, 7) is 0.461. The minimum atomic E-state index is -0.0990. The van der Waals surface area contributed by atoms with E-state index in [9.17, 15) is 4.79 Å². The zero-order valence-corrected chi connectivity index (χ0v) is 17.4. The molecular formula is C22H25N5OS. The van der Waals surface area contributed by atoms with Crippen LogP contribution in [0.1, 0.15) is 48.0 Å². The molecular weight excluding hydrogens is 382 g/mol. The monoisotopic (exact) mass is 407 g/mol. The van der Waals surface area contributed by atoms with Crippen molar-refractivity contribution >= 4 is 17.2 Å². The van der Waals surface area contributed by atoms with E-state index in [1.54, 1.807) is 23.7 Å². The summed E-state index contributed by atoms with van der Waals surface area (Å²) in [6, 6.07) is 11.8. The van der Waals surface area contributed by atoms with E-state index in [1.165, 1.54) is 32.1 Å². The van der Waals surface area contributed by atoms with Gasteiger partial charge in [-0.05, 0) is 36.6 Å². The molecule has 0 unspecified atom stereocenters. The molecule has 0 radical (unpaired) electrons. The summed E-state index contributed by atoms with van der Waals surface area (Å²) >= 11 is 1.61. The average molecular weight is 408 g/mol. The molecule has 4 rings (SSSR count).